The van der Waals surface area contributed by atoms with E-state index in [1.54, 1.807) is 17.2 Å². The fourth-order valence-electron chi connectivity index (χ4n) is 2.73. The van der Waals surface area contributed by atoms with E-state index in [-0.39, 0.29) is 23.1 Å². The van der Waals surface area contributed by atoms with Crippen LogP contribution in [0.1, 0.15) is 39.2 Å². The number of carbonyl (C=O) groups is 2. The molecular weight excluding hydrogens is 304 g/mol. The van der Waals surface area contributed by atoms with E-state index in [4.69, 9.17) is 5.73 Å². The van der Waals surface area contributed by atoms with Gasteiger partial charge in [0.15, 0.2) is 0 Å². The Morgan fingerprint density at radius 3 is 2.67 bits per heavy atom. The minimum absolute atomic E-state index is 0.0755. The Hall–Kier alpha value is -1.95. The molecule has 0 radical (unpaired) electrons. The topological polar surface area (TPSA) is 88.3 Å². The minimum atomic E-state index is -0.557. The highest BCUT2D eigenvalue weighted by Gasteiger charge is 2.35. The minimum Gasteiger partial charge on any atom is -0.341 e. The molecule has 6 nitrogen and oxygen atoms in total. The normalized spacial score (nSPS) is 19.7. The Morgan fingerprint density at radius 1 is 1.38 bits per heavy atom. The van der Waals surface area contributed by atoms with E-state index in [2.05, 4.69) is 10.3 Å². The van der Waals surface area contributed by atoms with E-state index in [0.29, 0.717) is 18.9 Å². The first kappa shape index (κ1) is 18.4. The fourth-order valence-corrected chi connectivity index (χ4v) is 2.73. The number of nitrogens with one attached hydrogen (secondary N) is 1. The fraction of sp³-hybridized carbons (Fsp3) is 0.611. The maximum atomic E-state index is 12.6. The van der Waals surface area contributed by atoms with Gasteiger partial charge in [-0.15, -0.1) is 0 Å². The molecule has 2 rings (SSSR count). The zero-order valence-corrected chi connectivity index (χ0v) is 15.0. The van der Waals surface area contributed by atoms with Crippen molar-refractivity contribution < 1.29 is 9.59 Å². The summed E-state index contributed by atoms with van der Waals surface area (Å²) in [5, 5.41) is 2.84. The maximum absolute atomic E-state index is 12.6. The molecule has 1 unspecified atom stereocenters. The summed E-state index contributed by atoms with van der Waals surface area (Å²) < 4.78 is 0. The van der Waals surface area contributed by atoms with Gasteiger partial charge in [0.2, 0.25) is 11.8 Å². The predicted octanol–water partition coefficient (Wildman–Crippen LogP) is 1.94. The van der Waals surface area contributed by atoms with Gasteiger partial charge in [0.1, 0.15) is 5.82 Å². The lowest BCUT2D eigenvalue weighted by Gasteiger charge is -2.36. The van der Waals surface area contributed by atoms with Crippen LogP contribution in [0.25, 0.3) is 0 Å². The summed E-state index contributed by atoms with van der Waals surface area (Å²) in [5.41, 5.74) is 6.83. The quantitative estimate of drug-likeness (QED) is 0.885. The highest BCUT2D eigenvalue weighted by Crippen LogP contribution is 2.23. The predicted molar refractivity (Wildman–Crippen MR) is 94.3 cm³/mol. The zero-order chi connectivity index (χ0) is 17.9. The number of anilines is 1. The second-order valence-corrected chi connectivity index (χ2v) is 7.68. The average Bonchev–Trinajstić information content (AvgIpc) is 2.54. The van der Waals surface area contributed by atoms with Gasteiger partial charge in [0.05, 0.1) is 12.0 Å². The number of nitrogens with zero attached hydrogens (tertiary/aromatic N) is 2. The van der Waals surface area contributed by atoms with E-state index in [1.165, 1.54) is 0 Å². The first-order chi connectivity index (χ1) is 11.2. The molecule has 2 heterocycles. The Labute approximate surface area is 143 Å². The van der Waals surface area contributed by atoms with Gasteiger partial charge in [0, 0.05) is 19.3 Å². The molecule has 1 fully saturated rings. The van der Waals surface area contributed by atoms with Crippen molar-refractivity contribution in [2.24, 2.45) is 17.1 Å². The number of carbonyl (C=O) groups excluding carboxylic acids is 2. The summed E-state index contributed by atoms with van der Waals surface area (Å²) in [6, 6.07) is 3.13. The van der Waals surface area contributed by atoms with E-state index in [1.807, 2.05) is 33.8 Å². The summed E-state index contributed by atoms with van der Waals surface area (Å²) in [4.78, 5) is 31.0. The number of nitrogens with two attached hydrogens (primary N) is 1. The van der Waals surface area contributed by atoms with Crippen LogP contribution < -0.4 is 11.1 Å². The molecule has 2 amide bonds. The summed E-state index contributed by atoms with van der Waals surface area (Å²) in [7, 11) is 0. The summed E-state index contributed by atoms with van der Waals surface area (Å²) in [6.45, 7) is 8.88. The highest BCUT2D eigenvalue weighted by molar-refractivity contribution is 5.92. The van der Waals surface area contributed by atoms with E-state index in [9.17, 15) is 9.59 Å². The molecule has 1 aromatic heterocycles. The summed E-state index contributed by atoms with van der Waals surface area (Å²) in [5.74, 6) is 0.153. The lowest BCUT2D eigenvalue weighted by atomic mass is 9.85. The standard InChI is InChI=1S/C18H28N4O2/c1-12-7-8-14(20-10-12)21-16(23)13-6-5-9-22(11-13)17(24)15(19)18(2,3)4/h7-8,10,13,15H,5-6,9,11,19H2,1-4H3,(H,20,21,23)/t13?,15-/m1/s1. The van der Waals surface area contributed by atoms with Crippen LogP contribution in [0.4, 0.5) is 5.82 Å². The van der Waals surface area contributed by atoms with E-state index in [0.717, 1.165) is 18.4 Å². The second kappa shape index (κ2) is 7.30. The largest absolute Gasteiger partial charge is 0.341 e. The number of piperidine rings is 1. The number of aromatic nitrogens is 1. The number of pyridine rings is 1. The van der Waals surface area contributed by atoms with Gasteiger partial charge in [-0.2, -0.15) is 0 Å². The lowest BCUT2D eigenvalue weighted by molar-refractivity contribution is -0.138. The van der Waals surface area contributed by atoms with Crippen molar-refractivity contribution in [3.05, 3.63) is 23.9 Å². The van der Waals surface area contributed by atoms with Gasteiger partial charge in [-0.1, -0.05) is 26.8 Å². The van der Waals surface area contributed by atoms with Crippen LogP contribution in [0.15, 0.2) is 18.3 Å². The molecule has 6 heteroatoms. The third-order valence-electron chi connectivity index (χ3n) is 4.47. The van der Waals surface area contributed by atoms with Gasteiger partial charge < -0.3 is 16.0 Å². The average molecular weight is 332 g/mol. The van der Waals surface area contributed by atoms with Crippen molar-refractivity contribution >= 4 is 17.6 Å². The van der Waals surface area contributed by atoms with Gasteiger partial charge in [-0.05, 0) is 36.8 Å². The zero-order valence-electron chi connectivity index (χ0n) is 15.0. The van der Waals surface area contributed by atoms with Crippen LogP contribution >= 0.6 is 0 Å². The van der Waals surface area contributed by atoms with Gasteiger partial charge in [0.25, 0.3) is 0 Å². The molecule has 1 aliphatic heterocycles. The first-order valence-corrected chi connectivity index (χ1v) is 8.46. The number of amides is 2. The van der Waals surface area contributed by atoms with Crippen molar-refractivity contribution in [3.63, 3.8) is 0 Å². The number of aryl methyl sites for hydroxylation is 1. The van der Waals surface area contributed by atoms with Crippen molar-refractivity contribution in [1.29, 1.82) is 0 Å². The van der Waals surface area contributed by atoms with Crippen LogP contribution in [-0.4, -0.2) is 40.8 Å². The van der Waals surface area contributed by atoms with Crippen LogP contribution in [-0.2, 0) is 9.59 Å². The van der Waals surface area contributed by atoms with Crippen molar-refractivity contribution in [2.45, 2.75) is 46.6 Å². The van der Waals surface area contributed by atoms with Crippen LogP contribution in [0.5, 0.6) is 0 Å². The molecule has 2 atom stereocenters. The van der Waals surface area contributed by atoms with E-state index < -0.39 is 6.04 Å². The van der Waals surface area contributed by atoms with Gasteiger partial charge >= 0.3 is 0 Å². The molecule has 132 valence electrons. The Kier molecular flexibility index (Phi) is 5.59. The molecular formula is C18H28N4O2. The molecule has 0 bridgehead atoms. The molecule has 1 saturated heterocycles. The Morgan fingerprint density at radius 2 is 2.08 bits per heavy atom. The third kappa shape index (κ3) is 4.54. The van der Waals surface area contributed by atoms with Crippen molar-refractivity contribution in [2.75, 3.05) is 18.4 Å². The van der Waals surface area contributed by atoms with Crippen molar-refractivity contribution in [1.82, 2.24) is 9.88 Å². The number of hydrogen-bond acceptors (Lipinski definition) is 4. The smallest absolute Gasteiger partial charge is 0.240 e. The molecule has 1 aromatic rings. The molecule has 1 aliphatic rings. The summed E-state index contributed by atoms with van der Waals surface area (Å²) >= 11 is 0. The Balaban J connectivity index is 1.98. The molecule has 24 heavy (non-hydrogen) atoms. The highest BCUT2D eigenvalue weighted by atomic mass is 16.2. The van der Waals surface area contributed by atoms with Crippen LogP contribution in [0.2, 0.25) is 0 Å². The van der Waals surface area contributed by atoms with Crippen LogP contribution in [0.3, 0.4) is 0 Å². The lowest BCUT2D eigenvalue weighted by Crippen LogP contribution is -2.53. The number of likely N-dealkylation sites (tertiary alicyclic amines) is 1. The molecule has 0 saturated carbocycles. The van der Waals surface area contributed by atoms with Crippen molar-refractivity contribution in [3.8, 4) is 0 Å². The second-order valence-electron chi connectivity index (χ2n) is 7.68. The monoisotopic (exact) mass is 332 g/mol. The van der Waals surface area contributed by atoms with Gasteiger partial charge in [-0.3, -0.25) is 9.59 Å². The summed E-state index contributed by atoms with van der Waals surface area (Å²) in [6.07, 6.45) is 3.29. The van der Waals surface area contributed by atoms with E-state index >= 15 is 0 Å². The first-order valence-electron chi connectivity index (χ1n) is 8.46. The SMILES string of the molecule is Cc1ccc(NC(=O)C2CCCN(C(=O)[C@@H](N)C(C)(C)C)C2)nc1. The van der Waals surface area contributed by atoms with Crippen LogP contribution in [0, 0.1) is 18.3 Å². The molecule has 0 spiro atoms. The third-order valence-corrected chi connectivity index (χ3v) is 4.47. The van der Waals surface area contributed by atoms with Gasteiger partial charge in [-0.25, -0.2) is 4.98 Å². The maximum Gasteiger partial charge on any atom is 0.240 e. The number of rotatable bonds is 3. The Bertz CT molecular complexity index is 592. The molecule has 3 N–H and O–H groups in total. The number of hydrogen-bond donors (Lipinski definition) is 2. The molecule has 0 aromatic carbocycles. The molecule has 0 aliphatic carbocycles.